The highest BCUT2D eigenvalue weighted by Crippen LogP contribution is 2.34. The summed E-state index contributed by atoms with van der Waals surface area (Å²) in [7, 11) is 0. The first-order valence-electron chi connectivity index (χ1n) is 6.12. The van der Waals surface area contributed by atoms with Crippen LogP contribution in [0.1, 0.15) is 32.3 Å². The van der Waals surface area contributed by atoms with Gasteiger partial charge in [0.25, 0.3) is 0 Å². The smallest absolute Gasteiger partial charge is 0.156 e. The lowest BCUT2D eigenvalue weighted by Gasteiger charge is -2.27. The molecule has 0 heterocycles. The van der Waals surface area contributed by atoms with Gasteiger partial charge in [0.15, 0.2) is 5.78 Å². The van der Waals surface area contributed by atoms with Crippen molar-refractivity contribution in [2.45, 2.75) is 26.7 Å². The fraction of sp³-hybridized carbons (Fsp3) is 0.312. The molecule has 0 aromatic heterocycles. The molecule has 1 aliphatic rings. The third kappa shape index (κ3) is 3.39. The molecule has 1 aromatic rings. The van der Waals surface area contributed by atoms with Crippen molar-refractivity contribution in [2.24, 2.45) is 5.41 Å². The Bertz CT molecular complexity index is 506. The standard InChI is InChI=1S/C16H17FO/c1-16(2)10-13(9-15(18)11-16)4-3-12-5-7-14(17)8-6-12/h3-9H,10-11H2,1-2H3/b4-3-. The number of benzene rings is 1. The van der Waals surface area contributed by atoms with Crippen LogP contribution in [0.4, 0.5) is 4.39 Å². The van der Waals surface area contributed by atoms with Gasteiger partial charge in [0.05, 0.1) is 0 Å². The van der Waals surface area contributed by atoms with Gasteiger partial charge in [0.2, 0.25) is 0 Å². The van der Waals surface area contributed by atoms with E-state index in [1.165, 1.54) is 12.1 Å². The van der Waals surface area contributed by atoms with Crippen molar-refractivity contribution < 1.29 is 9.18 Å². The monoisotopic (exact) mass is 244 g/mol. The Kier molecular flexibility index (Phi) is 3.46. The topological polar surface area (TPSA) is 17.1 Å². The molecule has 1 aliphatic carbocycles. The molecule has 0 N–H and O–H groups in total. The van der Waals surface area contributed by atoms with Gasteiger partial charge in [0.1, 0.15) is 5.82 Å². The molecule has 0 bridgehead atoms. The molecular weight excluding hydrogens is 227 g/mol. The maximum atomic E-state index is 12.8. The van der Waals surface area contributed by atoms with Crippen LogP contribution < -0.4 is 0 Å². The van der Waals surface area contributed by atoms with E-state index >= 15 is 0 Å². The Morgan fingerprint density at radius 1 is 1.11 bits per heavy atom. The summed E-state index contributed by atoms with van der Waals surface area (Å²) in [5.41, 5.74) is 2.02. The van der Waals surface area contributed by atoms with Crippen molar-refractivity contribution >= 4 is 11.9 Å². The average molecular weight is 244 g/mol. The van der Waals surface area contributed by atoms with E-state index in [0.29, 0.717) is 6.42 Å². The van der Waals surface area contributed by atoms with E-state index in [9.17, 15) is 9.18 Å². The van der Waals surface area contributed by atoms with Gasteiger partial charge in [-0.2, -0.15) is 0 Å². The second-order valence-electron chi connectivity index (χ2n) is 5.59. The third-order valence-electron chi connectivity index (χ3n) is 3.04. The van der Waals surface area contributed by atoms with E-state index < -0.39 is 0 Å². The van der Waals surface area contributed by atoms with Crippen LogP contribution >= 0.6 is 0 Å². The van der Waals surface area contributed by atoms with Crippen LogP contribution in [0, 0.1) is 11.2 Å². The lowest BCUT2D eigenvalue weighted by Crippen LogP contribution is -2.21. The van der Waals surface area contributed by atoms with Crippen LogP contribution in [0.3, 0.4) is 0 Å². The molecule has 0 atom stereocenters. The number of hydrogen-bond acceptors (Lipinski definition) is 1. The molecular formula is C16H17FO. The van der Waals surface area contributed by atoms with Crippen molar-refractivity contribution in [3.8, 4) is 0 Å². The second kappa shape index (κ2) is 4.89. The Morgan fingerprint density at radius 3 is 2.39 bits per heavy atom. The quantitative estimate of drug-likeness (QED) is 0.763. The maximum Gasteiger partial charge on any atom is 0.156 e. The van der Waals surface area contributed by atoms with Crippen LogP contribution in [0.2, 0.25) is 0 Å². The molecule has 0 aliphatic heterocycles. The first-order valence-corrected chi connectivity index (χ1v) is 6.12. The van der Waals surface area contributed by atoms with Crippen molar-refractivity contribution in [1.29, 1.82) is 0 Å². The summed E-state index contributed by atoms with van der Waals surface area (Å²) in [6.45, 7) is 4.20. The Balaban J connectivity index is 2.14. The van der Waals surface area contributed by atoms with Crippen LogP contribution in [0.15, 0.2) is 42.0 Å². The van der Waals surface area contributed by atoms with E-state index in [4.69, 9.17) is 0 Å². The number of carbonyl (C=O) groups is 1. The lowest BCUT2D eigenvalue weighted by molar-refractivity contribution is -0.116. The van der Waals surface area contributed by atoms with Crippen molar-refractivity contribution in [3.05, 3.63) is 53.4 Å². The molecule has 0 saturated heterocycles. The molecule has 0 radical (unpaired) electrons. The predicted molar refractivity (Wildman–Crippen MR) is 71.5 cm³/mol. The van der Waals surface area contributed by atoms with E-state index in [2.05, 4.69) is 13.8 Å². The summed E-state index contributed by atoms with van der Waals surface area (Å²) >= 11 is 0. The Hall–Kier alpha value is -1.70. The Morgan fingerprint density at radius 2 is 1.78 bits per heavy atom. The van der Waals surface area contributed by atoms with Crippen LogP contribution in [-0.2, 0) is 4.79 Å². The van der Waals surface area contributed by atoms with Gasteiger partial charge in [0, 0.05) is 6.42 Å². The van der Waals surface area contributed by atoms with Crippen LogP contribution in [0.5, 0.6) is 0 Å². The first kappa shape index (κ1) is 12.7. The fourth-order valence-corrected chi connectivity index (χ4v) is 2.28. The van der Waals surface area contributed by atoms with E-state index in [-0.39, 0.29) is 17.0 Å². The number of ketones is 1. The maximum absolute atomic E-state index is 12.8. The summed E-state index contributed by atoms with van der Waals surface area (Å²) in [4.78, 5) is 11.6. The molecule has 2 rings (SSSR count). The molecule has 0 unspecified atom stereocenters. The van der Waals surface area contributed by atoms with Gasteiger partial charge in [-0.05, 0) is 41.2 Å². The van der Waals surface area contributed by atoms with E-state index in [1.54, 1.807) is 18.2 Å². The molecule has 0 amide bonds. The summed E-state index contributed by atoms with van der Waals surface area (Å²) in [5.74, 6) is -0.0506. The number of hydrogen-bond donors (Lipinski definition) is 0. The zero-order chi connectivity index (χ0) is 13.2. The summed E-state index contributed by atoms with van der Waals surface area (Å²) in [6.07, 6.45) is 7.09. The molecule has 0 fully saturated rings. The predicted octanol–water partition coefficient (Wildman–Crippen LogP) is 4.15. The lowest BCUT2D eigenvalue weighted by atomic mass is 9.77. The second-order valence-corrected chi connectivity index (χ2v) is 5.59. The molecule has 1 nitrogen and oxygen atoms in total. The zero-order valence-corrected chi connectivity index (χ0v) is 10.7. The minimum absolute atomic E-state index is 0.0360. The van der Waals surface area contributed by atoms with E-state index in [0.717, 1.165) is 17.6 Å². The van der Waals surface area contributed by atoms with Gasteiger partial charge in [-0.1, -0.05) is 38.1 Å². The van der Waals surface area contributed by atoms with Gasteiger partial charge < -0.3 is 0 Å². The first-order chi connectivity index (χ1) is 8.44. The highest BCUT2D eigenvalue weighted by molar-refractivity contribution is 5.92. The molecule has 2 heteroatoms. The van der Waals surface area contributed by atoms with Gasteiger partial charge >= 0.3 is 0 Å². The highest BCUT2D eigenvalue weighted by Gasteiger charge is 2.26. The fourth-order valence-electron chi connectivity index (χ4n) is 2.28. The molecule has 1 aromatic carbocycles. The largest absolute Gasteiger partial charge is 0.295 e. The van der Waals surface area contributed by atoms with Crippen molar-refractivity contribution in [3.63, 3.8) is 0 Å². The average Bonchev–Trinajstić information content (AvgIpc) is 2.25. The summed E-state index contributed by atoms with van der Waals surface area (Å²) in [6, 6.07) is 6.32. The van der Waals surface area contributed by atoms with E-state index in [1.807, 2.05) is 12.2 Å². The van der Waals surface area contributed by atoms with Gasteiger partial charge in [-0.15, -0.1) is 0 Å². The van der Waals surface area contributed by atoms with Gasteiger partial charge in [-0.3, -0.25) is 4.79 Å². The number of halogens is 1. The Labute approximate surface area is 107 Å². The SMILES string of the molecule is CC1(C)CC(=O)C=C(/C=C\c2ccc(F)cc2)C1. The van der Waals surface area contributed by atoms with Crippen LogP contribution in [-0.4, -0.2) is 5.78 Å². The normalized spacial score (nSPS) is 19.1. The van der Waals surface area contributed by atoms with Crippen molar-refractivity contribution in [2.75, 3.05) is 0 Å². The highest BCUT2D eigenvalue weighted by atomic mass is 19.1. The number of allylic oxidation sites excluding steroid dienone is 3. The summed E-state index contributed by atoms with van der Waals surface area (Å²) in [5, 5.41) is 0. The zero-order valence-electron chi connectivity index (χ0n) is 10.7. The third-order valence-corrected chi connectivity index (χ3v) is 3.04. The molecule has 0 spiro atoms. The summed E-state index contributed by atoms with van der Waals surface area (Å²) < 4.78 is 12.8. The number of rotatable bonds is 2. The number of carbonyl (C=O) groups excluding carboxylic acids is 1. The molecule has 0 saturated carbocycles. The minimum Gasteiger partial charge on any atom is -0.295 e. The van der Waals surface area contributed by atoms with Crippen LogP contribution in [0.25, 0.3) is 6.08 Å². The molecule has 18 heavy (non-hydrogen) atoms. The molecule has 94 valence electrons. The minimum atomic E-state index is -0.236. The van der Waals surface area contributed by atoms with Gasteiger partial charge in [-0.25, -0.2) is 4.39 Å². The van der Waals surface area contributed by atoms with Crippen molar-refractivity contribution in [1.82, 2.24) is 0 Å².